The molecular weight excluding hydrogens is 309 g/mol. The van der Waals surface area contributed by atoms with E-state index in [1.165, 1.54) is 25.3 Å². The summed E-state index contributed by atoms with van der Waals surface area (Å²) in [6.07, 6.45) is 4.76. The number of benzene rings is 1. The number of hydrogen-bond acceptors (Lipinski definition) is 2. The maximum Gasteiger partial charge on any atom is 0.128 e. The highest BCUT2D eigenvalue weighted by molar-refractivity contribution is 9.10. The molecule has 106 valence electrons. The van der Waals surface area contributed by atoms with Gasteiger partial charge < -0.3 is 10.4 Å². The highest BCUT2D eigenvalue weighted by Crippen LogP contribution is 2.29. The molecule has 4 heteroatoms. The normalized spacial score (nSPS) is 23.5. The number of hydrogen-bond donors (Lipinski definition) is 2. The smallest absolute Gasteiger partial charge is 0.128 e. The summed E-state index contributed by atoms with van der Waals surface area (Å²) in [5.41, 5.74) is 0.694. The van der Waals surface area contributed by atoms with Crippen LogP contribution in [0.3, 0.4) is 0 Å². The van der Waals surface area contributed by atoms with E-state index in [1.54, 1.807) is 6.07 Å². The molecule has 2 N–H and O–H groups in total. The average Bonchev–Trinajstić information content (AvgIpc) is 2.42. The van der Waals surface area contributed by atoms with Gasteiger partial charge in [0, 0.05) is 23.2 Å². The zero-order valence-corrected chi connectivity index (χ0v) is 12.6. The SMILES string of the molecule is OCC1CCCCC1CNCc1ccc(Br)cc1F. The van der Waals surface area contributed by atoms with E-state index in [0.717, 1.165) is 17.4 Å². The quantitative estimate of drug-likeness (QED) is 0.866. The summed E-state index contributed by atoms with van der Waals surface area (Å²) in [6.45, 7) is 1.69. The molecule has 0 radical (unpaired) electrons. The first-order chi connectivity index (χ1) is 9.20. The standard InChI is InChI=1S/C15H21BrFNO/c16-14-6-5-12(15(17)7-14)9-18-8-11-3-1-2-4-13(11)10-19/h5-7,11,13,18-19H,1-4,8-10H2. The number of rotatable bonds is 5. The van der Waals surface area contributed by atoms with Gasteiger partial charge in [-0.25, -0.2) is 4.39 Å². The highest BCUT2D eigenvalue weighted by atomic mass is 79.9. The third-order valence-electron chi connectivity index (χ3n) is 4.04. The lowest BCUT2D eigenvalue weighted by atomic mass is 9.79. The molecule has 1 aromatic rings. The van der Waals surface area contributed by atoms with Gasteiger partial charge in [0.2, 0.25) is 0 Å². The lowest BCUT2D eigenvalue weighted by Gasteiger charge is -2.30. The number of nitrogens with one attached hydrogen (secondary N) is 1. The largest absolute Gasteiger partial charge is 0.396 e. The molecule has 1 aliphatic carbocycles. The molecule has 2 unspecified atom stereocenters. The minimum Gasteiger partial charge on any atom is -0.396 e. The second-order valence-corrected chi connectivity index (χ2v) is 6.27. The van der Waals surface area contributed by atoms with E-state index in [0.29, 0.717) is 23.9 Å². The van der Waals surface area contributed by atoms with Gasteiger partial charge in [-0.1, -0.05) is 34.8 Å². The van der Waals surface area contributed by atoms with Crippen LogP contribution in [0.1, 0.15) is 31.2 Å². The summed E-state index contributed by atoms with van der Waals surface area (Å²) >= 11 is 3.26. The van der Waals surface area contributed by atoms with E-state index in [2.05, 4.69) is 21.2 Å². The van der Waals surface area contributed by atoms with Crippen LogP contribution in [-0.4, -0.2) is 18.3 Å². The average molecular weight is 330 g/mol. The van der Waals surface area contributed by atoms with Crippen LogP contribution in [0.4, 0.5) is 4.39 Å². The summed E-state index contributed by atoms with van der Waals surface area (Å²) in [5.74, 6) is 0.762. The van der Waals surface area contributed by atoms with Crippen molar-refractivity contribution in [2.45, 2.75) is 32.2 Å². The molecule has 2 atom stereocenters. The summed E-state index contributed by atoms with van der Waals surface area (Å²) < 4.78 is 14.4. The lowest BCUT2D eigenvalue weighted by molar-refractivity contribution is 0.133. The van der Waals surface area contributed by atoms with Crippen molar-refractivity contribution in [3.63, 3.8) is 0 Å². The molecule has 0 amide bonds. The van der Waals surface area contributed by atoms with Gasteiger partial charge in [-0.3, -0.25) is 0 Å². The predicted molar refractivity (Wildman–Crippen MR) is 78.3 cm³/mol. The molecule has 0 saturated heterocycles. The molecule has 1 saturated carbocycles. The van der Waals surface area contributed by atoms with Crippen molar-refractivity contribution in [1.82, 2.24) is 5.32 Å². The Morgan fingerprint density at radius 3 is 2.68 bits per heavy atom. The van der Waals surface area contributed by atoms with E-state index in [4.69, 9.17) is 0 Å². The molecular formula is C15H21BrFNO. The summed E-state index contributed by atoms with van der Waals surface area (Å²) in [7, 11) is 0. The van der Waals surface area contributed by atoms with Crippen molar-refractivity contribution in [3.8, 4) is 0 Å². The van der Waals surface area contributed by atoms with Crippen LogP contribution in [0.25, 0.3) is 0 Å². The molecule has 1 aliphatic rings. The third kappa shape index (κ3) is 4.26. The minimum atomic E-state index is -0.177. The van der Waals surface area contributed by atoms with Gasteiger partial charge in [0.15, 0.2) is 0 Å². The second-order valence-electron chi connectivity index (χ2n) is 5.35. The van der Waals surface area contributed by atoms with Gasteiger partial charge in [-0.15, -0.1) is 0 Å². The van der Waals surface area contributed by atoms with Crippen molar-refractivity contribution in [2.75, 3.05) is 13.2 Å². The van der Waals surface area contributed by atoms with Crippen molar-refractivity contribution in [2.24, 2.45) is 11.8 Å². The van der Waals surface area contributed by atoms with E-state index >= 15 is 0 Å². The Balaban J connectivity index is 1.82. The van der Waals surface area contributed by atoms with Gasteiger partial charge in [-0.05, 0) is 43.4 Å². The molecule has 0 spiro atoms. The molecule has 0 heterocycles. The van der Waals surface area contributed by atoms with Crippen molar-refractivity contribution >= 4 is 15.9 Å². The van der Waals surface area contributed by atoms with E-state index in [1.807, 2.05) is 6.07 Å². The summed E-state index contributed by atoms with van der Waals surface area (Å²) in [6, 6.07) is 5.15. The topological polar surface area (TPSA) is 32.3 Å². The van der Waals surface area contributed by atoms with Gasteiger partial charge in [0.05, 0.1) is 0 Å². The molecule has 0 bridgehead atoms. The van der Waals surface area contributed by atoms with Gasteiger partial charge in [-0.2, -0.15) is 0 Å². The van der Waals surface area contributed by atoms with Crippen molar-refractivity contribution in [3.05, 3.63) is 34.1 Å². The van der Waals surface area contributed by atoms with Crippen LogP contribution in [0.5, 0.6) is 0 Å². The first-order valence-electron chi connectivity index (χ1n) is 6.96. The Labute approximate surface area is 122 Å². The zero-order chi connectivity index (χ0) is 13.7. The van der Waals surface area contributed by atoms with Gasteiger partial charge in [0.1, 0.15) is 5.82 Å². The fourth-order valence-electron chi connectivity index (χ4n) is 2.85. The van der Waals surface area contributed by atoms with Crippen LogP contribution in [0.15, 0.2) is 22.7 Å². The van der Waals surface area contributed by atoms with E-state index in [9.17, 15) is 9.50 Å². The van der Waals surface area contributed by atoms with Crippen molar-refractivity contribution < 1.29 is 9.50 Å². The zero-order valence-electron chi connectivity index (χ0n) is 11.0. The molecule has 0 aliphatic heterocycles. The minimum absolute atomic E-state index is 0.177. The van der Waals surface area contributed by atoms with Crippen LogP contribution in [-0.2, 0) is 6.54 Å². The molecule has 2 nitrogen and oxygen atoms in total. The fraction of sp³-hybridized carbons (Fsp3) is 0.600. The number of aliphatic hydroxyl groups excluding tert-OH is 1. The van der Waals surface area contributed by atoms with Crippen LogP contribution in [0.2, 0.25) is 0 Å². The maximum atomic E-state index is 13.6. The highest BCUT2D eigenvalue weighted by Gasteiger charge is 2.23. The fourth-order valence-corrected chi connectivity index (χ4v) is 3.18. The Hall–Kier alpha value is -0.450. The van der Waals surface area contributed by atoms with Gasteiger partial charge in [0.25, 0.3) is 0 Å². The Morgan fingerprint density at radius 2 is 2.00 bits per heavy atom. The predicted octanol–water partition coefficient (Wildman–Crippen LogP) is 3.48. The Morgan fingerprint density at radius 1 is 1.26 bits per heavy atom. The third-order valence-corrected chi connectivity index (χ3v) is 4.53. The van der Waals surface area contributed by atoms with Crippen LogP contribution >= 0.6 is 15.9 Å². The second kappa shape index (κ2) is 7.36. The monoisotopic (exact) mass is 329 g/mol. The first-order valence-corrected chi connectivity index (χ1v) is 7.75. The summed E-state index contributed by atoms with van der Waals surface area (Å²) in [5, 5.41) is 12.7. The van der Waals surface area contributed by atoms with Crippen molar-refractivity contribution in [1.29, 1.82) is 0 Å². The van der Waals surface area contributed by atoms with Gasteiger partial charge >= 0.3 is 0 Å². The Kier molecular flexibility index (Phi) is 5.79. The Bertz CT molecular complexity index is 413. The first kappa shape index (κ1) is 14.9. The van der Waals surface area contributed by atoms with Crippen LogP contribution in [0, 0.1) is 17.7 Å². The molecule has 1 aromatic carbocycles. The number of aliphatic hydroxyl groups is 1. The molecule has 2 rings (SSSR count). The van der Waals surface area contributed by atoms with E-state index < -0.39 is 0 Å². The number of halogens is 2. The van der Waals surface area contributed by atoms with Crippen LogP contribution < -0.4 is 5.32 Å². The molecule has 19 heavy (non-hydrogen) atoms. The summed E-state index contributed by atoms with van der Waals surface area (Å²) in [4.78, 5) is 0. The molecule has 1 fully saturated rings. The van der Waals surface area contributed by atoms with E-state index in [-0.39, 0.29) is 12.4 Å². The lowest BCUT2D eigenvalue weighted by Crippen LogP contribution is -2.32. The molecule has 0 aromatic heterocycles. The maximum absolute atomic E-state index is 13.6.